The van der Waals surface area contributed by atoms with Gasteiger partial charge in [0, 0.05) is 49.4 Å². The van der Waals surface area contributed by atoms with Crippen molar-refractivity contribution in [3.8, 4) is 0 Å². The van der Waals surface area contributed by atoms with E-state index in [1.165, 1.54) is 0 Å². The van der Waals surface area contributed by atoms with Gasteiger partial charge in [-0.05, 0) is 44.5 Å². The molecule has 2 aromatic rings. The highest BCUT2D eigenvalue weighted by Crippen LogP contribution is 2.26. The fraction of sp³-hybridized carbons (Fsp3) is 0.550. The first-order valence-corrected chi connectivity index (χ1v) is 9.20. The van der Waals surface area contributed by atoms with Gasteiger partial charge in [-0.2, -0.15) is 0 Å². The molecule has 5 nitrogen and oxygen atoms in total. The standard InChI is InChI=1S/C20H29N3O2/c1-14(2)11-15(3)21-20(24)19-12-16-5-6-17(13-18(16)25-19)23-9-7-22(4)8-10-23/h5-6,12-15H,7-11H2,1-4H3,(H,21,24). The lowest BCUT2D eigenvalue weighted by atomic mass is 10.1. The third kappa shape index (κ3) is 4.34. The van der Waals surface area contributed by atoms with Crippen LogP contribution in [0.15, 0.2) is 28.7 Å². The maximum atomic E-state index is 12.4. The maximum absolute atomic E-state index is 12.4. The number of hydrogen-bond acceptors (Lipinski definition) is 4. The van der Waals surface area contributed by atoms with E-state index in [-0.39, 0.29) is 11.9 Å². The molecule has 1 aliphatic rings. The normalized spacial score (nSPS) is 17.2. The molecule has 3 rings (SSSR count). The fourth-order valence-corrected chi connectivity index (χ4v) is 3.45. The van der Waals surface area contributed by atoms with Gasteiger partial charge in [0.15, 0.2) is 5.76 Å². The monoisotopic (exact) mass is 343 g/mol. The molecule has 1 saturated heterocycles. The number of fused-ring (bicyclic) bond motifs is 1. The number of carbonyl (C=O) groups is 1. The van der Waals surface area contributed by atoms with Crippen LogP contribution in [0.5, 0.6) is 0 Å². The van der Waals surface area contributed by atoms with E-state index in [9.17, 15) is 4.79 Å². The van der Waals surface area contributed by atoms with E-state index in [4.69, 9.17) is 4.42 Å². The molecule has 25 heavy (non-hydrogen) atoms. The molecule has 0 saturated carbocycles. The number of benzene rings is 1. The van der Waals surface area contributed by atoms with E-state index in [1.807, 2.05) is 19.1 Å². The van der Waals surface area contributed by atoms with E-state index in [2.05, 4.69) is 48.1 Å². The first kappa shape index (κ1) is 17.8. The lowest BCUT2D eigenvalue weighted by Crippen LogP contribution is -2.44. The topological polar surface area (TPSA) is 48.7 Å². The fourth-order valence-electron chi connectivity index (χ4n) is 3.45. The number of rotatable bonds is 5. The molecule has 5 heteroatoms. The Bertz CT molecular complexity index is 730. The van der Waals surface area contributed by atoms with Gasteiger partial charge in [-0.1, -0.05) is 13.8 Å². The van der Waals surface area contributed by atoms with Gasteiger partial charge < -0.3 is 19.5 Å². The van der Waals surface area contributed by atoms with Crippen molar-refractivity contribution in [3.63, 3.8) is 0 Å². The summed E-state index contributed by atoms with van der Waals surface area (Å²) in [5.74, 6) is 0.809. The van der Waals surface area contributed by atoms with Crippen LogP contribution in [0.4, 0.5) is 5.69 Å². The smallest absolute Gasteiger partial charge is 0.287 e. The Morgan fingerprint density at radius 3 is 2.56 bits per heavy atom. The second-order valence-corrected chi connectivity index (χ2v) is 7.63. The van der Waals surface area contributed by atoms with Crippen molar-refractivity contribution in [2.75, 3.05) is 38.1 Å². The summed E-state index contributed by atoms with van der Waals surface area (Å²) in [5.41, 5.74) is 1.94. The van der Waals surface area contributed by atoms with Gasteiger partial charge in [-0.15, -0.1) is 0 Å². The average Bonchev–Trinajstić information content (AvgIpc) is 2.98. The Kier molecular flexibility index (Phi) is 5.33. The number of carbonyl (C=O) groups excluding carboxylic acids is 1. The first-order valence-electron chi connectivity index (χ1n) is 9.20. The largest absolute Gasteiger partial charge is 0.451 e. The van der Waals surface area contributed by atoms with Crippen LogP contribution in [0.1, 0.15) is 37.7 Å². The lowest BCUT2D eigenvalue weighted by molar-refractivity contribution is 0.0910. The number of nitrogens with one attached hydrogen (secondary N) is 1. The molecular weight excluding hydrogens is 314 g/mol. The van der Waals surface area contributed by atoms with Crippen LogP contribution in [0.3, 0.4) is 0 Å². The summed E-state index contributed by atoms with van der Waals surface area (Å²) in [4.78, 5) is 17.1. The SMILES string of the molecule is CC(C)CC(C)NC(=O)c1cc2ccc(N3CCN(C)CC3)cc2o1. The van der Waals surface area contributed by atoms with Crippen LogP contribution in [0.2, 0.25) is 0 Å². The van der Waals surface area contributed by atoms with Crippen molar-refractivity contribution >= 4 is 22.6 Å². The molecule has 1 N–H and O–H groups in total. The van der Waals surface area contributed by atoms with E-state index >= 15 is 0 Å². The van der Waals surface area contributed by atoms with Crippen LogP contribution in [0.25, 0.3) is 11.0 Å². The number of likely N-dealkylation sites (N-methyl/N-ethyl adjacent to an activating group) is 1. The van der Waals surface area contributed by atoms with Gasteiger partial charge in [0.05, 0.1) is 0 Å². The Morgan fingerprint density at radius 2 is 1.88 bits per heavy atom. The zero-order valence-electron chi connectivity index (χ0n) is 15.7. The molecule has 1 atom stereocenters. The molecule has 1 aliphatic heterocycles. The van der Waals surface area contributed by atoms with E-state index in [1.54, 1.807) is 0 Å². The third-order valence-electron chi connectivity index (χ3n) is 4.80. The van der Waals surface area contributed by atoms with E-state index < -0.39 is 0 Å². The maximum Gasteiger partial charge on any atom is 0.287 e. The number of amides is 1. The van der Waals surface area contributed by atoms with Gasteiger partial charge in [0.1, 0.15) is 5.58 Å². The van der Waals surface area contributed by atoms with Crippen molar-refractivity contribution in [1.29, 1.82) is 0 Å². The first-order chi connectivity index (χ1) is 11.9. The quantitative estimate of drug-likeness (QED) is 0.904. The highest BCUT2D eigenvalue weighted by atomic mass is 16.3. The van der Waals surface area contributed by atoms with Crippen LogP contribution in [-0.4, -0.2) is 50.1 Å². The molecule has 0 spiro atoms. The van der Waals surface area contributed by atoms with Gasteiger partial charge in [-0.25, -0.2) is 0 Å². The van der Waals surface area contributed by atoms with E-state index in [0.717, 1.165) is 49.3 Å². The van der Waals surface area contributed by atoms with Gasteiger partial charge in [0.2, 0.25) is 0 Å². The number of nitrogens with zero attached hydrogens (tertiary/aromatic N) is 2. The summed E-state index contributed by atoms with van der Waals surface area (Å²) in [5, 5.41) is 3.99. The van der Waals surface area contributed by atoms with Gasteiger partial charge >= 0.3 is 0 Å². The molecule has 1 aromatic carbocycles. The Labute approximate surface area is 150 Å². The number of hydrogen-bond donors (Lipinski definition) is 1. The predicted molar refractivity (Wildman–Crippen MR) is 102 cm³/mol. The summed E-state index contributed by atoms with van der Waals surface area (Å²) >= 11 is 0. The second-order valence-electron chi connectivity index (χ2n) is 7.63. The Balaban J connectivity index is 1.73. The molecule has 0 bridgehead atoms. The van der Waals surface area contributed by atoms with Crippen molar-refractivity contribution in [1.82, 2.24) is 10.2 Å². The minimum atomic E-state index is -0.134. The van der Waals surface area contributed by atoms with Crippen LogP contribution < -0.4 is 10.2 Å². The Morgan fingerprint density at radius 1 is 1.16 bits per heavy atom. The molecule has 1 aromatic heterocycles. The third-order valence-corrected chi connectivity index (χ3v) is 4.80. The molecule has 1 fully saturated rings. The minimum absolute atomic E-state index is 0.134. The summed E-state index contributed by atoms with van der Waals surface area (Å²) in [6.45, 7) is 10.5. The van der Waals surface area contributed by atoms with Crippen molar-refractivity contribution in [3.05, 3.63) is 30.0 Å². The van der Waals surface area contributed by atoms with Crippen molar-refractivity contribution in [2.45, 2.75) is 33.2 Å². The van der Waals surface area contributed by atoms with Gasteiger partial charge in [-0.3, -0.25) is 4.79 Å². The highest BCUT2D eigenvalue weighted by Gasteiger charge is 2.18. The molecule has 136 valence electrons. The summed E-state index contributed by atoms with van der Waals surface area (Å²) in [6.07, 6.45) is 0.958. The number of piperazine rings is 1. The molecule has 1 unspecified atom stereocenters. The molecular formula is C20H29N3O2. The average molecular weight is 343 g/mol. The molecule has 2 heterocycles. The number of anilines is 1. The van der Waals surface area contributed by atoms with Crippen molar-refractivity contribution in [2.24, 2.45) is 5.92 Å². The zero-order chi connectivity index (χ0) is 18.0. The number of furan rings is 1. The molecule has 0 aliphatic carbocycles. The van der Waals surface area contributed by atoms with Gasteiger partial charge in [0.25, 0.3) is 5.91 Å². The Hall–Kier alpha value is -2.01. The van der Waals surface area contributed by atoms with Crippen LogP contribution in [-0.2, 0) is 0 Å². The predicted octanol–water partition coefficient (Wildman–Crippen LogP) is 3.35. The summed E-state index contributed by atoms with van der Waals surface area (Å²) in [6, 6.07) is 8.18. The van der Waals surface area contributed by atoms with Crippen molar-refractivity contribution < 1.29 is 9.21 Å². The second kappa shape index (κ2) is 7.48. The summed E-state index contributed by atoms with van der Waals surface area (Å²) in [7, 11) is 2.15. The van der Waals surface area contributed by atoms with Crippen LogP contribution in [0, 0.1) is 5.92 Å². The zero-order valence-corrected chi connectivity index (χ0v) is 15.7. The minimum Gasteiger partial charge on any atom is -0.451 e. The van der Waals surface area contributed by atoms with E-state index in [0.29, 0.717) is 11.7 Å². The molecule has 0 radical (unpaired) electrons. The van der Waals surface area contributed by atoms with Crippen LogP contribution >= 0.6 is 0 Å². The lowest BCUT2D eigenvalue weighted by Gasteiger charge is -2.33. The highest BCUT2D eigenvalue weighted by molar-refractivity contribution is 5.96. The summed E-state index contributed by atoms with van der Waals surface area (Å²) < 4.78 is 5.84. The molecule has 1 amide bonds.